The third-order valence-corrected chi connectivity index (χ3v) is 2.58. The summed E-state index contributed by atoms with van der Waals surface area (Å²) in [5, 5.41) is 2.24. The maximum atomic E-state index is 11.3. The highest BCUT2D eigenvalue weighted by molar-refractivity contribution is 9.10. The fourth-order valence-electron chi connectivity index (χ4n) is 1.42. The minimum Gasteiger partial charge on any atom is -0.292 e. The highest BCUT2D eigenvalue weighted by Gasteiger charge is 2.23. The van der Waals surface area contributed by atoms with Crippen molar-refractivity contribution in [3.8, 4) is 0 Å². The van der Waals surface area contributed by atoms with Crippen LogP contribution in [-0.2, 0) is 9.59 Å². The second kappa shape index (κ2) is 3.98. The summed E-state index contributed by atoms with van der Waals surface area (Å²) in [6.07, 6.45) is 1.90. The van der Waals surface area contributed by atoms with Gasteiger partial charge in [-0.1, -0.05) is 28.1 Å². The molecule has 3 nitrogen and oxygen atoms in total. The Morgan fingerprint density at radius 2 is 2.13 bits per heavy atom. The van der Waals surface area contributed by atoms with Gasteiger partial charge in [-0.2, -0.15) is 0 Å². The van der Waals surface area contributed by atoms with Crippen LogP contribution < -0.4 is 5.32 Å². The molecule has 1 saturated heterocycles. The van der Waals surface area contributed by atoms with Gasteiger partial charge in [0.2, 0.25) is 5.91 Å². The molecule has 2 amide bonds. The summed E-state index contributed by atoms with van der Waals surface area (Å²) in [7, 11) is 0. The molecular formula is C11H8BrNO2. The molecule has 1 aromatic rings. The summed E-state index contributed by atoms with van der Waals surface area (Å²) in [4.78, 5) is 22.2. The number of benzene rings is 1. The van der Waals surface area contributed by atoms with Gasteiger partial charge in [0, 0.05) is 10.0 Å². The summed E-state index contributed by atoms with van der Waals surface area (Å²) in [6.45, 7) is 0. The summed E-state index contributed by atoms with van der Waals surface area (Å²) < 4.78 is 0.946. The van der Waals surface area contributed by atoms with Gasteiger partial charge < -0.3 is 0 Å². The fourth-order valence-corrected chi connectivity index (χ4v) is 1.84. The number of imide groups is 1. The van der Waals surface area contributed by atoms with Crippen molar-refractivity contribution in [1.29, 1.82) is 0 Å². The number of amides is 2. The van der Waals surface area contributed by atoms with Crippen LogP contribution in [0.3, 0.4) is 0 Å². The van der Waals surface area contributed by atoms with Crippen molar-refractivity contribution in [2.75, 3.05) is 0 Å². The minimum absolute atomic E-state index is 0.172. The van der Waals surface area contributed by atoms with Crippen LogP contribution in [-0.4, -0.2) is 11.8 Å². The van der Waals surface area contributed by atoms with E-state index in [1.165, 1.54) is 0 Å². The number of hydrogen-bond acceptors (Lipinski definition) is 2. The van der Waals surface area contributed by atoms with Gasteiger partial charge in [-0.3, -0.25) is 14.9 Å². The highest BCUT2D eigenvalue weighted by atomic mass is 79.9. The Balaban J connectivity index is 2.31. The Bertz CT molecular complexity index is 465. The Morgan fingerprint density at radius 1 is 1.33 bits per heavy atom. The van der Waals surface area contributed by atoms with E-state index in [2.05, 4.69) is 21.2 Å². The molecule has 0 aromatic heterocycles. The zero-order chi connectivity index (χ0) is 10.8. The van der Waals surface area contributed by atoms with Gasteiger partial charge >= 0.3 is 0 Å². The quantitative estimate of drug-likeness (QED) is 0.623. The molecule has 0 aliphatic carbocycles. The number of nitrogens with one attached hydrogen (secondary N) is 1. The first kappa shape index (κ1) is 10.1. The SMILES string of the molecule is O=C1CC(=Cc2cccc(Br)c2)C(=O)N1. The van der Waals surface area contributed by atoms with Gasteiger partial charge in [0.05, 0.1) is 6.42 Å². The lowest BCUT2D eigenvalue weighted by molar-refractivity contribution is -0.124. The second-order valence-corrected chi connectivity index (χ2v) is 4.19. The molecule has 1 N–H and O–H groups in total. The van der Waals surface area contributed by atoms with Crippen molar-refractivity contribution in [1.82, 2.24) is 5.32 Å². The van der Waals surface area contributed by atoms with Crippen molar-refractivity contribution in [3.63, 3.8) is 0 Å². The largest absolute Gasteiger partial charge is 0.292 e. The molecule has 0 unspecified atom stereocenters. The van der Waals surface area contributed by atoms with Crippen LogP contribution in [0, 0.1) is 0 Å². The molecule has 1 heterocycles. The van der Waals surface area contributed by atoms with Gasteiger partial charge in [-0.15, -0.1) is 0 Å². The summed E-state index contributed by atoms with van der Waals surface area (Å²) >= 11 is 3.34. The summed E-state index contributed by atoms with van der Waals surface area (Å²) in [5.41, 5.74) is 1.42. The Hall–Kier alpha value is -1.42. The van der Waals surface area contributed by atoms with Gasteiger partial charge in [0.25, 0.3) is 5.91 Å². The van der Waals surface area contributed by atoms with E-state index in [1.807, 2.05) is 24.3 Å². The average Bonchev–Trinajstić information content (AvgIpc) is 2.45. The van der Waals surface area contributed by atoms with Crippen LogP contribution in [0.5, 0.6) is 0 Å². The Kier molecular flexibility index (Phi) is 2.68. The molecule has 1 aliphatic heterocycles. The van der Waals surface area contributed by atoms with E-state index in [1.54, 1.807) is 6.08 Å². The number of hydrogen-bond donors (Lipinski definition) is 1. The Labute approximate surface area is 95.3 Å². The number of rotatable bonds is 1. The van der Waals surface area contributed by atoms with Crippen LogP contribution in [0.4, 0.5) is 0 Å². The standard InChI is InChI=1S/C11H8BrNO2/c12-9-3-1-2-7(5-9)4-8-6-10(14)13-11(8)15/h1-5H,6H2,(H,13,14,15). The molecule has 1 aromatic carbocycles. The predicted molar refractivity (Wildman–Crippen MR) is 59.9 cm³/mol. The molecule has 0 atom stereocenters. The number of carbonyl (C=O) groups excluding carboxylic acids is 2. The first-order valence-corrected chi connectivity index (χ1v) is 5.25. The van der Waals surface area contributed by atoms with E-state index in [0.717, 1.165) is 10.0 Å². The topological polar surface area (TPSA) is 46.2 Å². The maximum absolute atomic E-state index is 11.3. The molecule has 2 rings (SSSR count). The number of carbonyl (C=O) groups is 2. The zero-order valence-corrected chi connectivity index (χ0v) is 9.37. The van der Waals surface area contributed by atoms with Crippen LogP contribution in [0.1, 0.15) is 12.0 Å². The van der Waals surface area contributed by atoms with Crippen molar-refractivity contribution >= 4 is 33.8 Å². The number of halogens is 1. The third-order valence-electron chi connectivity index (χ3n) is 2.09. The van der Waals surface area contributed by atoms with Crippen LogP contribution in [0.2, 0.25) is 0 Å². The lowest BCUT2D eigenvalue weighted by Crippen LogP contribution is -2.19. The monoisotopic (exact) mass is 265 g/mol. The molecular weight excluding hydrogens is 258 g/mol. The van der Waals surface area contributed by atoms with E-state index < -0.39 is 0 Å². The Morgan fingerprint density at radius 3 is 2.73 bits per heavy atom. The van der Waals surface area contributed by atoms with Crippen LogP contribution in [0.15, 0.2) is 34.3 Å². The first-order chi connectivity index (χ1) is 7.15. The molecule has 0 saturated carbocycles. The normalized spacial score (nSPS) is 18.3. The molecule has 1 aliphatic rings. The molecule has 1 fully saturated rings. The predicted octanol–water partition coefficient (Wildman–Crippen LogP) is 1.88. The highest BCUT2D eigenvalue weighted by Crippen LogP contribution is 2.17. The van der Waals surface area contributed by atoms with Crippen molar-refractivity contribution in [2.24, 2.45) is 0 Å². The smallest absolute Gasteiger partial charge is 0.254 e. The first-order valence-electron chi connectivity index (χ1n) is 4.45. The molecule has 4 heteroatoms. The van der Waals surface area contributed by atoms with E-state index in [4.69, 9.17) is 0 Å². The van der Waals surface area contributed by atoms with Gasteiger partial charge in [0.15, 0.2) is 0 Å². The minimum atomic E-state index is -0.292. The molecule has 0 spiro atoms. The molecule has 15 heavy (non-hydrogen) atoms. The van der Waals surface area contributed by atoms with Crippen LogP contribution in [0.25, 0.3) is 6.08 Å². The fraction of sp³-hybridized carbons (Fsp3) is 0.0909. The van der Waals surface area contributed by atoms with Gasteiger partial charge in [-0.05, 0) is 23.8 Å². The summed E-state index contributed by atoms with van der Waals surface area (Å²) in [5.74, 6) is -0.527. The third kappa shape index (κ3) is 2.33. The van der Waals surface area contributed by atoms with Crippen molar-refractivity contribution in [2.45, 2.75) is 6.42 Å². The molecule has 0 radical (unpaired) electrons. The average molecular weight is 266 g/mol. The van der Waals surface area contributed by atoms with Gasteiger partial charge in [-0.25, -0.2) is 0 Å². The van der Waals surface area contributed by atoms with E-state index in [-0.39, 0.29) is 18.2 Å². The lowest BCUT2D eigenvalue weighted by Gasteiger charge is -1.96. The van der Waals surface area contributed by atoms with Gasteiger partial charge in [0.1, 0.15) is 0 Å². The van der Waals surface area contributed by atoms with Crippen molar-refractivity contribution < 1.29 is 9.59 Å². The molecule has 0 bridgehead atoms. The molecule has 76 valence electrons. The summed E-state index contributed by atoms with van der Waals surface area (Å²) in [6, 6.07) is 7.56. The van der Waals surface area contributed by atoms with Crippen LogP contribution >= 0.6 is 15.9 Å². The lowest BCUT2D eigenvalue weighted by atomic mass is 10.1. The van der Waals surface area contributed by atoms with Crippen molar-refractivity contribution in [3.05, 3.63) is 39.9 Å². The zero-order valence-electron chi connectivity index (χ0n) is 7.79. The maximum Gasteiger partial charge on any atom is 0.254 e. The van der Waals surface area contributed by atoms with E-state index in [9.17, 15) is 9.59 Å². The van der Waals surface area contributed by atoms with E-state index >= 15 is 0 Å². The second-order valence-electron chi connectivity index (χ2n) is 3.28. The van der Waals surface area contributed by atoms with E-state index in [0.29, 0.717) is 5.57 Å².